The van der Waals surface area contributed by atoms with Crippen molar-refractivity contribution in [1.82, 2.24) is 0 Å². The van der Waals surface area contributed by atoms with Gasteiger partial charge in [-0.3, -0.25) is 0 Å². The van der Waals surface area contributed by atoms with Crippen LogP contribution in [-0.4, -0.2) is 11.7 Å². The van der Waals surface area contributed by atoms with Gasteiger partial charge >= 0.3 is 0 Å². The molecule has 0 heterocycles. The molecule has 2 heteroatoms. The third-order valence-electron chi connectivity index (χ3n) is 2.43. The maximum atomic E-state index is 8.87. The first-order chi connectivity index (χ1) is 5.81. The summed E-state index contributed by atoms with van der Waals surface area (Å²) in [7, 11) is 0. The standard InChI is InChI=1S/C10H11ClO/c11-9-3-1-2-7(4-9)10-5-8(10)6-12/h1-4,8,10,12H,5-6H2/t8-,10+/m1/s1. The average molecular weight is 183 g/mol. The highest BCUT2D eigenvalue weighted by molar-refractivity contribution is 6.30. The van der Waals surface area contributed by atoms with Gasteiger partial charge in [0.05, 0.1) is 0 Å². The van der Waals surface area contributed by atoms with Crippen molar-refractivity contribution in [2.75, 3.05) is 6.61 Å². The van der Waals surface area contributed by atoms with Gasteiger partial charge < -0.3 is 5.11 Å². The van der Waals surface area contributed by atoms with E-state index < -0.39 is 0 Å². The highest BCUT2D eigenvalue weighted by Gasteiger charge is 2.37. The molecule has 1 nitrogen and oxygen atoms in total. The summed E-state index contributed by atoms with van der Waals surface area (Å²) >= 11 is 5.85. The van der Waals surface area contributed by atoms with Crippen molar-refractivity contribution >= 4 is 11.6 Å². The Morgan fingerprint density at radius 3 is 2.92 bits per heavy atom. The van der Waals surface area contributed by atoms with E-state index in [9.17, 15) is 0 Å². The van der Waals surface area contributed by atoms with E-state index in [1.54, 1.807) is 0 Å². The van der Waals surface area contributed by atoms with E-state index in [1.165, 1.54) is 5.56 Å². The molecule has 1 saturated carbocycles. The van der Waals surface area contributed by atoms with E-state index in [0.29, 0.717) is 18.4 Å². The fraction of sp³-hybridized carbons (Fsp3) is 0.400. The van der Waals surface area contributed by atoms with Crippen LogP contribution in [0.1, 0.15) is 17.9 Å². The Morgan fingerprint density at radius 1 is 1.50 bits per heavy atom. The molecule has 2 atom stereocenters. The first-order valence-electron chi connectivity index (χ1n) is 4.17. The fourth-order valence-electron chi connectivity index (χ4n) is 1.59. The van der Waals surface area contributed by atoms with E-state index in [-0.39, 0.29) is 0 Å². The van der Waals surface area contributed by atoms with Crippen LogP contribution in [-0.2, 0) is 0 Å². The van der Waals surface area contributed by atoms with Crippen molar-refractivity contribution in [2.45, 2.75) is 12.3 Å². The molecule has 1 aliphatic carbocycles. The molecule has 0 aromatic heterocycles. The molecule has 64 valence electrons. The third kappa shape index (κ3) is 1.47. The zero-order valence-corrected chi connectivity index (χ0v) is 7.46. The highest BCUT2D eigenvalue weighted by atomic mass is 35.5. The zero-order valence-electron chi connectivity index (χ0n) is 6.70. The maximum absolute atomic E-state index is 8.87. The lowest BCUT2D eigenvalue weighted by Crippen LogP contribution is -1.88. The first-order valence-corrected chi connectivity index (χ1v) is 4.55. The number of aliphatic hydroxyl groups is 1. The summed E-state index contributed by atoms with van der Waals surface area (Å²) in [5, 5.41) is 9.66. The smallest absolute Gasteiger partial charge is 0.0465 e. The van der Waals surface area contributed by atoms with Gasteiger partial charge in [0.2, 0.25) is 0 Å². The normalized spacial score (nSPS) is 27.2. The van der Waals surface area contributed by atoms with Gasteiger partial charge in [-0.05, 0) is 36.0 Å². The Hall–Kier alpha value is -0.530. The Kier molecular flexibility index (Phi) is 2.07. The quantitative estimate of drug-likeness (QED) is 0.745. The summed E-state index contributed by atoms with van der Waals surface area (Å²) in [5.41, 5.74) is 1.27. The van der Waals surface area contributed by atoms with Gasteiger partial charge in [-0.15, -0.1) is 0 Å². The van der Waals surface area contributed by atoms with Crippen molar-refractivity contribution in [1.29, 1.82) is 0 Å². The van der Waals surface area contributed by atoms with Crippen LogP contribution >= 0.6 is 11.6 Å². The van der Waals surface area contributed by atoms with Crippen molar-refractivity contribution in [3.63, 3.8) is 0 Å². The van der Waals surface area contributed by atoms with E-state index in [4.69, 9.17) is 16.7 Å². The van der Waals surface area contributed by atoms with E-state index in [2.05, 4.69) is 6.07 Å². The van der Waals surface area contributed by atoms with E-state index in [0.717, 1.165) is 11.4 Å². The lowest BCUT2D eigenvalue weighted by Gasteiger charge is -1.98. The monoisotopic (exact) mass is 182 g/mol. The Morgan fingerprint density at radius 2 is 2.33 bits per heavy atom. The summed E-state index contributed by atoms with van der Waals surface area (Å²) in [6.07, 6.45) is 1.11. The highest BCUT2D eigenvalue weighted by Crippen LogP contribution is 2.47. The fourth-order valence-corrected chi connectivity index (χ4v) is 1.79. The van der Waals surface area contributed by atoms with Crippen LogP contribution in [0.15, 0.2) is 24.3 Å². The van der Waals surface area contributed by atoms with Gasteiger partial charge in [0.1, 0.15) is 0 Å². The van der Waals surface area contributed by atoms with Gasteiger partial charge in [-0.2, -0.15) is 0 Å². The number of hydrogen-bond donors (Lipinski definition) is 1. The molecule has 1 aliphatic rings. The Bertz CT molecular complexity index is 285. The molecule has 0 bridgehead atoms. The second kappa shape index (κ2) is 3.08. The summed E-state index contributed by atoms with van der Waals surface area (Å²) < 4.78 is 0. The van der Waals surface area contributed by atoms with Gasteiger partial charge in [0.25, 0.3) is 0 Å². The third-order valence-corrected chi connectivity index (χ3v) is 2.67. The van der Waals surface area contributed by atoms with Gasteiger partial charge in [0.15, 0.2) is 0 Å². The van der Waals surface area contributed by atoms with Gasteiger partial charge in [-0.25, -0.2) is 0 Å². The molecule has 12 heavy (non-hydrogen) atoms. The predicted molar refractivity (Wildman–Crippen MR) is 49.4 cm³/mol. The van der Waals surface area contributed by atoms with Crippen molar-refractivity contribution < 1.29 is 5.11 Å². The van der Waals surface area contributed by atoms with Crippen LogP contribution in [0.25, 0.3) is 0 Å². The summed E-state index contributed by atoms with van der Waals surface area (Å²) in [6.45, 7) is 0.303. The van der Waals surface area contributed by atoms with Crippen LogP contribution < -0.4 is 0 Å². The van der Waals surface area contributed by atoms with Crippen molar-refractivity contribution in [3.8, 4) is 0 Å². The predicted octanol–water partition coefficient (Wildman–Crippen LogP) is 2.44. The van der Waals surface area contributed by atoms with Crippen LogP contribution in [0.3, 0.4) is 0 Å². The number of aliphatic hydroxyl groups excluding tert-OH is 1. The lowest BCUT2D eigenvalue weighted by molar-refractivity contribution is 0.274. The van der Waals surface area contributed by atoms with Crippen LogP contribution in [0.2, 0.25) is 5.02 Å². The number of hydrogen-bond acceptors (Lipinski definition) is 1. The number of halogens is 1. The SMILES string of the molecule is OC[C@H]1C[C@H]1c1cccc(Cl)c1. The average Bonchev–Trinajstić information content (AvgIpc) is 2.83. The molecule has 0 unspecified atom stereocenters. The molecule has 0 aliphatic heterocycles. The number of benzene rings is 1. The Balaban J connectivity index is 2.14. The topological polar surface area (TPSA) is 20.2 Å². The molecule has 0 amide bonds. The van der Waals surface area contributed by atoms with Gasteiger partial charge in [0, 0.05) is 11.6 Å². The zero-order chi connectivity index (χ0) is 8.55. The second-order valence-electron chi connectivity index (χ2n) is 3.34. The minimum absolute atomic E-state index is 0.303. The summed E-state index contributed by atoms with van der Waals surface area (Å²) in [4.78, 5) is 0. The van der Waals surface area contributed by atoms with Crippen LogP contribution in [0.5, 0.6) is 0 Å². The minimum Gasteiger partial charge on any atom is -0.396 e. The van der Waals surface area contributed by atoms with Gasteiger partial charge in [-0.1, -0.05) is 23.7 Å². The minimum atomic E-state index is 0.303. The first kappa shape index (κ1) is 8.09. The molecule has 0 saturated heterocycles. The van der Waals surface area contributed by atoms with E-state index in [1.807, 2.05) is 18.2 Å². The molecule has 2 rings (SSSR count). The lowest BCUT2D eigenvalue weighted by atomic mass is 10.1. The summed E-state index contributed by atoms with van der Waals surface area (Å²) in [6, 6.07) is 7.90. The molecule has 0 radical (unpaired) electrons. The van der Waals surface area contributed by atoms with E-state index >= 15 is 0 Å². The van der Waals surface area contributed by atoms with Crippen molar-refractivity contribution in [3.05, 3.63) is 34.9 Å². The van der Waals surface area contributed by atoms with Crippen LogP contribution in [0, 0.1) is 5.92 Å². The Labute approximate surface area is 77.0 Å². The summed E-state index contributed by atoms with van der Waals surface area (Å²) in [5.74, 6) is 1.03. The molecule has 1 aromatic rings. The van der Waals surface area contributed by atoms with Crippen molar-refractivity contribution in [2.24, 2.45) is 5.92 Å². The molecule has 1 fully saturated rings. The maximum Gasteiger partial charge on any atom is 0.0465 e. The van der Waals surface area contributed by atoms with Crippen LogP contribution in [0.4, 0.5) is 0 Å². The largest absolute Gasteiger partial charge is 0.396 e. The molecular weight excluding hydrogens is 172 g/mol. The molecule has 1 aromatic carbocycles. The molecule has 1 N–H and O–H groups in total. The molecule has 0 spiro atoms. The number of rotatable bonds is 2. The second-order valence-corrected chi connectivity index (χ2v) is 3.78. The molecular formula is C10H11ClO.